The van der Waals surface area contributed by atoms with Crippen LogP contribution in [0.5, 0.6) is 5.75 Å². The van der Waals surface area contributed by atoms with Crippen LogP contribution in [0, 0.1) is 11.3 Å². The first-order valence-corrected chi connectivity index (χ1v) is 13.0. The number of aliphatic hydroxyl groups is 1. The Balaban J connectivity index is 1.42. The second kappa shape index (κ2) is 10.2. The third-order valence-corrected chi connectivity index (χ3v) is 8.55. The molecule has 4 rings (SSSR count). The summed E-state index contributed by atoms with van der Waals surface area (Å²) in [4.78, 5) is 13.5. The maximum atomic E-state index is 13.5. The molecule has 0 radical (unpaired) electrons. The molecule has 5 heteroatoms. The molecule has 190 valence electrons. The van der Waals surface area contributed by atoms with E-state index in [1.54, 1.807) is 7.11 Å². The first-order chi connectivity index (χ1) is 16.7. The van der Waals surface area contributed by atoms with E-state index in [9.17, 15) is 9.90 Å². The van der Waals surface area contributed by atoms with Gasteiger partial charge in [0.2, 0.25) is 0 Å². The van der Waals surface area contributed by atoms with Gasteiger partial charge in [0.05, 0.1) is 18.2 Å². The lowest BCUT2D eigenvalue weighted by molar-refractivity contribution is -0.167. The summed E-state index contributed by atoms with van der Waals surface area (Å²) < 4.78 is 11.1. The minimum atomic E-state index is -0.802. The molecule has 2 unspecified atom stereocenters. The summed E-state index contributed by atoms with van der Waals surface area (Å²) in [6.07, 6.45) is 4.13. The molecule has 1 fully saturated rings. The molecule has 2 aromatic carbocycles. The van der Waals surface area contributed by atoms with Gasteiger partial charge in [-0.2, -0.15) is 0 Å². The third kappa shape index (κ3) is 4.93. The van der Waals surface area contributed by atoms with Gasteiger partial charge in [-0.05, 0) is 78.7 Å². The molecule has 0 spiro atoms. The fourth-order valence-corrected chi connectivity index (χ4v) is 6.53. The largest absolute Gasteiger partial charge is 0.495 e. The van der Waals surface area contributed by atoms with Crippen LogP contribution in [-0.4, -0.2) is 37.4 Å². The Bertz CT molecular complexity index is 1050. The van der Waals surface area contributed by atoms with E-state index in [4.69, 9.17) is 9.47 Å². The number of carbonyl (C=O) groups excluding carboxylic acids is 1. The lowest BCUT2D eigenvalue weighted by Crippen LogP contribution is -2.53. The number of aliphatic hydroxyl groups excluding tert-OH is 1. The van der Waals surface area contributed by atoms with Gasteiger partial charge in [-0.1, -0.05) is 57.5 Å². The maximum absolute atomic E-state index is 13.5. The lowest BCUT2D eigenvalue weighted by Gasteiger charge is -2.54. The van der Waals surface area contributed by atoms with Crippen LogP contribution in [0.15, 0.2) is 42.5 Å². The van der Waals surface area contributed by atoms with Gasteiger partial charge in [0.15, 0.2) is 0 Å². The monoisotopic (exact) mass is 479 g/mol. The summed E-state index contributed by atoms with van der Waals surface area (Å²) in [7, 11) is 1.62. The quantitative estimate of drug-likeness (QED) is 0.465. The van der Waals surface area contributed by atoms with Gasteiger partial charge in [-0.3, -0.25) is 4.79 Å². The molecule has 0 amide bonds. The molecule has 0 aliphatic heterocycles. The molecule has 2 aliphatic carbocycles. The molecule has 5 nitrogen and oxygen atoms in total. The number of rotatable bonds is 8. The van der Waals surface area contributed by atoms with Crippen molar-refractivity contribution < 1.29 is 19.4 Å². The number of nitrogens with one attached hydrogen (secondary N) is 1. The van der Waals surface area contributed by atoms with Crippen molar-refractivity contribution in [3.05, 3.63) is 59.2 Å². The van der Waals surface area contributed by atoms with E-state index in [0.717, 1.165) is 37.8 Å². The van der Waals surface area contributed by atoms with Gasteiger partial charge in [-0.25, -0.2) is 0 Å². The molecular formula is C30H41NO4. The Labute approximate surface area is 210 Å². The molecule has 0 heterocycles. The fraction of sp³-hybridized carbons (Fsp3) is 0.567. The van der Waals surface area contributed by atoms with E-state index >= 15 is 0 Å². The first-order valence-electron chi connectivity index (χ1n) is 13.0. The van der Waals surface area contributed by atoms with Crippen molar-refractivity contribution in [1.29, 1.82) is 0 Å². The number of carbonyl (C=O) groups is 1. The van der Waals surface area contributed by atoms with E-state index in [-0.39, 0.29) is 30.5 Å². The molecule has 0 aromatic heterocycles. The molecule has 2 aromatic rings. The highest BCUT2D eigenvalue weighted by molar-refractivity contribution is 5.77. The van der Waals surface area contributed by atoms with Crippen LogP contribution in [0.1, 0.15) is 76.0 Å². The number of para-hydroxylation sites is 2. The summed E-state index contributed by atoms with van der Waals surface area (Å²) in [5.41, 5.74) is 4.48. The first kappa shape index (κ1) is 25.6. The summed E-state index contributed by atoms with van der Waals surface area (Å²) in [5.74, 6) is 1.29. The van der Waals surface area contributed by atoms with Gasteiger partial charge in [0.1, 0.15) is 18.5 Å². The van der Waals surface area contributed by atoms with Crippen LogP contribution in [0.4, 0.5) is 5.69 Å². The number of aryl methyl sites for hydroxylation is 1. The Morgan fingerprint density at radius 2 is 1.94 bits per heavy atom. The number of methoxy groups -OCH3 is 1. The predicted octanol–water partition coefficient (Wildman–Crippen LogP) is 5.85. The summed E-state index contributed by atoms with van der Waals surface area (Å²) in [6.45, 7) is 9.17. The Kier molecular flexibility index (Phi) is 7.46. The van der Waals surface area contributed by atoms with E-state index in [1.807, 2.05) is 24.3 Å². The Morgan fingerprint density at radius 3 is 2.69 bits per heavy atom. The fourth-order valence-electron chi connectivity index (χ4n) is 6.53. The van der Waals surface area contributed by atoms with Gasteiger partial charge in [0.25, 0.3) is 0 Å². The van der Waals surface area contributed by atoms with Crippen molar-refractivity contribution in [3.8, 4) is 5.75 Å². The van der Waals surface area contributed by atoms with Crippen molar-refractivity contribution >= 4 is 11.7 Å². The van der Waals surface area contributed by atoms with Crippen LogP contribution in [-0.2, 0) is 21.4 Å². The zero-order chi connectivity index (χ0) is 25.2. The molecule has 35 heavy (non-hydrogen) atoms. The standard InChI is InChI=1S/C30H41NO4/c1-20(2)21-11-13-24-22(17-21)12-14-27-29(24,3)15-8-16-30(27,4)28(33)35-19-23(32)18-31-25-9-6-7-10-26(25)34-5/h6-7,9-11,13,17,20,23,27,31-32H,8,12,14-16,18-19H2,1-5H3/t23?,27?,29-,30-/m1/s1. The second-order valence-corrected chi connectivity index (χ2v) is 11.2. The molecular weight excluding hydrogens is 438 g/mol. The SMILES string of the molecule is COc1ccccc1NCC(O)COC(=O)[C@]1(C)CCC[C@]2(C)c3ccc(C(C)C)cc3CCC12. The zero-order valence-electron chi connectivity index (χ0n) is 21.9. The molecule has 0 saturated heterocycles. The molecule has 4 atom stereocenters. The average Bonchev–Trinajstić information content (AvgIpc) is 2.85. The summed E-state index contributed by atoms with van der Waals surface area (Å²) in [6, 6.07) is 14.5. The minimum absolute atomic E-state index is 0.0195. The predicted molar refractivity (Wildman–Crippen MR) is 140 cm³/mol. The van der Waals surface area contributed by atoms with Crippen molar-refractivity contribution in [1.82, 2.24) is 0 Å². The maximum Gasteiger partial charge on any atom is 0.312 e. The highest BCUT2D eigenvalue weighted by Crippen LogP contribution is 2.57. The van der Waals surface area contributed by atoms with Crippen LogP contribution in [0.25, 0.3) is 0 Å². The van der Waals surface area contributed by atoms with E-state index < -0.39 is 11.5 Å². The van der Waals surface area contributed by atoms with Crippen LogP contribution < -0.4 is 10.1 Å². The van der Waals surface area contributed by atoms with Crippen LogP contribution in [0.2, 0.25) is 0 Å². The third-order valence-electron chi connectivity index (χ3n) is 8.55. The van der Waals surface area contributed by atoms with Gasteiger partial charge >= 0.3 is 5.97 Å². The highest BCUT2D eigenvalue weighted by Gasteiger charge is 2.55. The van der Waals surface area contributed by atoms with Crippen molar-refractivity contribution in [2.45, 2.75) is 77.2 Å². The Hall–Kier alpha value is -2.53. The van der Waals surface area contributed by atoms with E-state index in [1.165, 1.54) is 16.7 Å². The normalized spacial score (nSPS) is 26.4. The molecule has 2 N–H and O–H groups in total. The number of benzene rings is 2. The van der Waals surface area contributed by atoms with Gasteiger partial charge < -0.3 is 19.9 Å². The number of esters is 1. The average molecular weight is 480 g/mol. The van der Waals surface area contributed by atoms with Crippen LogP contribution >= 0.6 is 0 Å². The number of hydrogen-bond acceptors (Lipinski definition) is 5. The molecule has 0 bridgehead atoms. The minimum Gasteiger partial charge on any atom is -0.495 e. The zero-order valence-corrected chi connectivity index (χ0v) is 21.9. The van der Waals surface area contributed by atoms with E-state index in [0.29, 0.717) is 11.7 Å². The van der Waals surface area contributed by atoms with Crippen molar-refractivity contribution in [2.75, 3.05) is 25.6 Å². The molecule has 1 saturated carbocycles. The number of fused-ring (bicyclic) bond motifs is 3. The summed E-state index contributed by atoms with van der Waals surface area (Å²) in [5, 5.41) is 13.7. The second-order valence-electron chi connectivity index (χ2n) is 11.2. The Morgan fingerprint density at radius 1 is 1.17 bits per heavy atom. The topological polar surface area (TPSA) is 67.8 Å². The lowest BCUT2D eigenvalue weighted by atomic mass is 9.49. The van der Waals surface area contributed by atoms with Crippen molar-refractivity contribution in [2.24, 2.45) is 11.3 Å². The summed E-state index contributed by atoms with van der Waals surface area (Å²) >= 11 is 0. The van der Waals surface area contributed by atoms with Gasteiger partial charge in [0, 0.05) is 6.54 Å². The smallest absolute Gasteiger partial charge is 0.312 e. The number of anilines is 1. The van der Waals surface area contributed by atoms with Crippen LogP contribution in [0.3, 0.4) is 0 Å². The van der Waals surface area contributed by atoms with Crippen molar-refractivity contribution in [3.63, 3.8) is 0 Å². The highest BCUT2D eigenvalue weighted by atomic mass is 16.5. The van der Waals surface area contributed by atoms with Gasteiger partial charge in [-0.15, -0.1) is 0 Å². The number of ether oxygens (including phenoxy) is 2. The molecule has 2 aliphatic rings. The number of hydrogen-bond donors (Lipinski definition) is 2. The van der Waals surface area contributed by atoms with E-state index in [2.05, 4.69) is 51.2 Å².